The van der Waals surface area contributed by atoms with Crippen molar-refractivity contribution in [3.63, 3.8) is 0 Å². The topological polar surface area (TPSA) is 58.6 Å². The molecular weight excluding hydrogens is 336 g/mol. The van der Waals surface area contributed by atoms with Crippen molar-refractivity contribution in [3.05, 3.63) is 39.5 Å². The lowest BCUT2D eigenvalue weighted by atomic mass is 10.2. The predicted molar refractivity (Wildman–Crippen MR) is 91.9 cm³/mol. The van der Waals surface area contributed by atoms with Crippen molar-refractivity contribution in [3.8, 4) is 5.75 Å². The average molecular weight is 351 g/mol. The van der Waals surface area contributed by atoms with Crippen LogP contribution >= 0.6 is 22.9 Å². The maximum atomic E-state index is 12.2. The third kappa shape index (κ3) is 3.33. The number of thiophene rings is 1. The summed E-state index contributed by atoms with van der Waals surface area (Å²) in [4.78, 5) is 26.3. The third-order valence-electron chi connectivity index (χ3n) is 3.60. The van der Waals surface area contributed by atoms with E-state index in [0.717, 1.165) is 12.1 Å². The Morgan fingerprint density at radius 3 is 2.78 bits per heavy atom. The molecule has 0 atom stereocenters. The molecule has 1 aliphatic rings. The van der Waals surface area contributed by atoms with E-state index in [0.29, 0.717) is 33.6 Å². The van der Waals surface area contributed by atoms with Gasteiger partial charge in [0, 0.05) is 24.7 Å². The van der Waals surface area contributed by atoms with Gasteiger partial charge in [-0.25, -0.2) is 0 Å². The first-order valence-corrected chi connectivity index (χ1v) is 8.33. The molecule has 2 amide bonds. The van der Waals surface area contributed by atoms with Crippen LogP contribution in [-0.2, 0) is 4.79 Å². The molecule has 5 nitrogen and oxygen atoms in total. The van der Waals surface area contributed by atoms with Gasteiger partial charge in [0.1, 0.15) is 5.75 Å². The number of rotatable bonds is 4. The molecule has 1 aromatic carbocycles. The maximum absolute atomic E-state index is 12.2. The van der Waals surface area contributed by atoms with Crippen LogP contribution in [0.1, 0.15) is 22.5 Å². The molecule has 1 N–H and O–H groups in total. The van der Waals surface area contributed by atoms with Crippen LogP contribution in [0.4, 0.5) is 11.4 Å². The zero-order chi connectivity index (χ0) is 16.4. The summed E-state index contributed by atoms with van der Waals surface area (Å²) in [6.45, 7) is 0.689. The Bertz CT molecular complexity index is 760. The summed E-state index contributed by atoms with van der Waals surface area (Å²) >= 11 is 7.06. The van der Waals surface area contributed by atoms with Crippen LogP contribution in [0.5, 0.6) is 5.75 Å². The van der Waals surface area contributed by atoms with Crippen molar-refractivity contribution < 1.29 is 14.3 Å². The van der Waals surface area contributed by atoms with Gasteiger partial charge < -0.3 is 15.0 Å². The molecule has 7 heteroatoms. The molecule has 0 spiro atoms. The first kappa shape index (κ1) is 15.8. The first-order chi connectivity index (χ1) is 11.1. The SMILES string of the molecule is COc1cc(NC(=O)c2ccc(Cl)s2)ccc1N1CCCC1=O. The fourth-order valence-electron chi connectivity index (χ4n) is 2.51. The van der Waals surface area contributed by atoms with Gasteiger partial charge in [-0.3, -0.25) is 9.59 Å². The van der Waals surface area contributed by atoms with E-state index in [1.807, 2.05) is 0 Å². The fraction of sp³-hybridized carbons (Fsp3) is 0.250. The van der Waals surface area contributed by atoms with Gasteiger partial charge in [0.25, 0.3) is 5.91 Å². The van der Waals surface area contributed by atoms with Crippen LogP contribution in [0.2, 0.25) is 4.34 Å². The van der Waals surface area contributed by atoms with Crippen molar-refractivity contribution >= 4 is 46.1 Å². The van der Waals surface area contributed by atoms with Crippen molar-refractivity contribution in [2.75, 3.05) is 23.9 Å². The monoisotopic (exact) mass is 350 g/mol. The standard InChI is InChI=1S/C16H15ClN2O3S/c1-22-12-9-10(18-16(21)13-6-7-14(17)23-13)4-5-11(12)19-8-2-3-15(19)20/h4-7,9H,2-3,8H2,1H3,(H,18,21). The Morgan fingerprint density at radius 2 is 2.17 bits per heavy atom. The molecule has 0 unspecified atom stereocenters. The van der Waals surface area contributed by atoms with E-state index in [-0.39, 0.29) is 11.8 Å². The summed E-state index contributed by atoms with van der Waals surface area (Å²) in [6.07, 6.45) is 1.40. The highest BCUT2D eigenvalue weighted by molar-refractivity contribution is 7.18. The van der Waals surface area contributed by atoms with E-state index in [9.17, 15) is 9.59 Å². The normalized spacial score (nSPS) is 14.2. The molecule has 120 valence electrons. The van der Waals surface area contributed by atoms with Gasteiger partial charge in [-0.2, -0.15) is 0 Å². The molecule has 1 aliphatic heterocycles. The van der Waals surface area contributed by atoms with Gasteiger partial charge in [-0.15, -0.1) is 11.3 Å². The lowest BCUT2D eigenvalue weighted by molar-refractivity contribution is -0.117. The smallest absolute Gasteiger partial charge is 0.265 e. The van der Waals surface area contributed by atoms with Gasteiger partial charge in [0.15, 0.2) is 0 Å². The zero-order valence-electron chi connectivity index (χ0n) is 12.5. The van der Waals surface area contributed by atoms with Crippen molar-refractivity contribution in [2.24, 2.45) is 0 Å². The number of amides is 2. The minimum atomic E-state index is -0.228. The predicted octanol–water partition coefficient (Wildman–Crippen LogP) is 3.79. The van der Waals surface area contributed by atoms with Gasteiger partial charge in [0.05, 0.1) is 22.0 Å². The van der Waals surface area contributed by atoms with Gasteiger partial charge in [-0.1, -0.05) is 11.6 Å². The number of ether oxygens (including phenoxy) is 1. The Hall–Kier alpha value is -2.05. The summed E-state index contributed by atoms with van der Waals surface area (Å²) in [7, 11) is 1.55. The lowest BCUT2D eigenvalue weighted by Gasteiger charge is -2.19. The number of methoxy groups -OCH3 is 1. The number of anilines is 2. The highest BCUT2D eigenvalue weighted by atomic mass is 35.5. The van der Waals surface area contributed by atoms with Crippen LogP contribution < -0.4 is 15.0 Å². The van der Waals surface area contributed by atoms with Gasteiger partial charge in [-0.05, 0) is 30.7 Å². The zero-order valence-corrected chi connectivity index (χ0v) is 14.0. The van der Waals surface area contributed by atoms with Crippen molar-refractivity contribution in [2.45, 2.75) is 12.8 Å². The second-order valence-corrected chi connectivity index (χ2v) is 6.81. The molecule has 0 bridgehead atoms. The van der Waals surface area contributed by atoms with E-state index < -0.39 is 0 Å². The number of nitrogens with one attached hydrogen (secondary N) is 1. The molecule has 2 aromatic rings. The molecule has 23 heavy (non-hydrogen) atoms. The summed E-state index contributed by atoms with van der Waals surface area (Å²) in [5.41, 5.74) is 1.33. The Labute approximate surface area is 142 Å². The summed E-state index contributed by atoms with van der Waals surface area (Å²) in [5.74, 6) is 0.421. The lowest BCUT2D eigenvalue weighted by Crippen LogP contribution is -2.24. The Kier molecular flexibility index (Phi) is 4.54. The molecule has 1 aromatic heterocycles. The van der Waals surface area contributed by atoms with Crippen LogP contribution in [0.15, 0.2) is 30.3 Å². The van der Waals surface area contributed by atoms with E-state index in [4.69, 9.17) is 16.3 Å². The Morgan fingerprint density at radius 1 is 1.35 bits per heavy atom. The number of hydrogen-bond acceptors (Lipinski definition) is 4. The van der Waals surface area contributed by atoms with Crippen LogP contribution in [0, 0.1) is 0 Å². The number of benzene rings is 1. The molecule has 0 saturated carbocycles. The molecule has 0 radical (unpaired) electrons. The van der Waals surface area contributed by atoms with Gasteiger partial charge in [0.2, 0.25) is 5.91 Å². The second kappa shape index (κ2) is 6.60. The van der Waals surface area contributed by atoms with E-state index in [2.05, 4.69) is 5.32 Å². The molecule has 3 rings (SSSR count). The number of hydrogen-bond donors (Lipinski definition) is 1. The van der Waals surface area contributed by atoms with Crippen LogP contribution in [-0.4, -0.2) is 25.5 Å². The quantitative estimate of drug-likeness (QED) is 0.912. The molecule has 1 saturated heterocycles. The molecule has 1 fully saturated rings. The second-order valence-electron chi connectivity index (χ2n) is 5.09. The number of carbonyl (C=O) groups excluding carboxylic acids is 2. The number of nitrogens with zero attached hydrogens (tertiary/aromatic N) is 1. The summed E-state index contributed by atoms with van der Waals surface area (Å²) in [5, 5.41) is 2.80. The van der Waals surface area contributed by atoms with E-state index in [1.165, 1.54) is 11.3 Å². The largest absolute Gasteiger partial charge is 0.494 e. The average Bonchev–Trinajstić information content (AvgIpc) is 3.16. The highest BCUT2D eigenvalue weighted by Gasteiger charge is 2.24. The van der Waals surface area contributed by atoms with Gasteiger partial charge >= 0.3 is 0 Å². The molecule has 0 aliphatic carbocycles. The summed E-state index contributed by atoms with van der Waals surface area (Å²) in [6, 6.07) is 8.63. The van der Waals surface area contributed by atoms with E-state index in [1.54, 1.807) is 42.3 Å². The number of halogens is 1. The maximum Gasteiger partial charge on any atom is 0.265 e. The highest BCUT2D eigenvalue weighted by Crippen LogP contribution is 2.34. The number of carbonyl (C=O) groups is 2. The van der Waals surface area contributed by atoms with Crippen LogP contribution in [0.25, 0.3) is 0 Å². The Balaban J connectivity index is 1.81. The van der Waals surface area contributed by atoms with Crippen molar-refractivity contribution in [1.82, 2.24) is 0 Å². The minimum Gasteiger partial charge on any atom is -0.494 e. The van der Waals surface area contributed by atoms with Crippen LogP contribution in [0.3, 0.4) is 0 Å². The van der Waals surface area contributed by atoms with E-state index >= 15 is 0 Å². The summed E-state index contributed by atoms with van der Waals surface area (Å²) < 4.78 is 5.94. The molecular formula is C16H15ClN2O3S. The third-order valence-corrected chi connectivity index (χ3v) is 4.83. The molecule has 2 heterocycles. The minimum absolute atomic E-state index is 0.0910. The van der Waals surface area contributed by atoms with Crippen molar-refractivity contribution in [1.29, 1.82) is 0 Å². The first-order valence-electron chi connectivity index (χ1n) is 7.13. The fourth-order valence-corrected chi connectivity index (χ4v) is 3.45.